The first-order chi connectivity index (χ1) is 16.0. The lowest BCUT2D eigenvalue weighted by atomic mass is 9.87. The van der Waals surface area contributed by atoms with Crippen molar-refractivity contribution in [3.05, 3.63) is 28.0 Å². The van der Waals surface area contributed by atoms with Crippen LogP contribution in [0.5, 0.6) is 0 Å². The number of nitrogens with one attached hydrogen (secondary N) is 2. The van der Waals surface area contributed by atoms with Gasteiger partial charge in [0, 0.05) is 36.8 Å². The Morgan fingerprint density at radius 3 is 2.56 bits per heavy atom. The van der Waals surface area contributed by atoms with Gasteiger partial charge in [0.2, 0.25) is 34.8 Å². The van der Waals surface area contributed by atoms with Crippen molar-refractivity contribution in [2.45, 2.75) is 33.3 Å². The minimum atomic E-state index is -1.40. The van der Waals surface area contributed by atoms with E-state index in [9.17, 15) is 34.2 Å². The Labute approximate surface area is 199 Å². The highest BCUT2D eigenvalue weighted by Gasteiger charge is 2.36. The smallest absolute Gasteiger partial charge is 0.361 e. The predicted molar refractivity (Wildman–Crippen MR) is 119 cm³/mol. The summed E-state index contributed by atoms with van der Waals surface area (Å²) in [6.07, 6.45) is -0.315. The van der Waals surface area contributed by atoms with E-state index < -0.39 is 35.0 Å². The zero-order valence-corrected chi connectivity index (χ0v) is 19.8. The van der Waals surface area contributed by atoms with E-state index in [1.54, 1.807) is 6.92 Å². The summed E-state index contributed by atoms with van der Waals surface area (Å²) in [5, 5.41) is 27.6. The molecule has 0 fully saturated rings. The lowest BCUT2D eigenvalue weighted by Gasteiger charge is -2.27. The number of allylic oxidation sites excluding steroid dienone is 2. The average molecular weight is 498 g/mol. The highest BCUT2D eigenvalue weighted by molar-refractivity contribution is 8.04. The molecular weight excluding hydrogens is 470 g/mol. The lowest BCUT2D eigenvalue weighted by molar-refractivity contribution is -0.137. The van der Waals surface area contributed by atoms with Gasteiger partial charge in [-0.25, -0.2) is 4.79 Å². The molecule has 12 nitrogen and oxygen atoms in total. The molecule has 0 aromatic carbocycles. The first kappa shape index (κ1) is 27.2. The second-order valence-corrected chi connectivity index (χ2v) is 9.08. The Morgan fingerprint density at radius 1 is 1.24 bits per heavy atom. The molecule has 2 amide bonds. The van der Waals surface area contributed by atoms with Crippen LogP contribution in [-0.2, 0) is 14.3 Å². The summed E-state index contributed by atoms with van der Waals surface area (Å²) in [4.78, 5) is 60.8. The van der Waals surface area contributed by atoms with E-state index in [1.165, 1.54) is 13.8 Å². The maximum absolute atomic E-state index is 12.7. The fourth-order valence-electron chi connectivity index (χ4n) is 2.76. The number of hydrogen-bond donors (Lipinski definition) is 4. The van der Waals surface area contributed by atoms with Crippen molar-refractivity contribution in [2.75, 3.05) is 32.1 Å². The largest absolute Gasteiger partial charge is 0.461 e. The molecule has 0 bridgehead atoms. The van der Waals surface area contributed by atoms with Crippen LogP contribution in [0.4, 0.5) is 0 Å². The van der Waals surface area contributed by atoms with Crippen molar-refractivity contribution in [3.63, 3.8) is 0 Å². The van der Waals surface area contributed by atoms with Crippen LogP contribution in [0.15, 0.2) is 15.5 Å². The maximum atomic E-state index is 12.7. The second kappa shape index (κ2) is 11.9. The molecular formula is C21H27N3O9S. The van der Waals surface area contributed by atoms with E-state index in [1.807, 2.05) is 0 Å². The highest BCUT2D eigenvalue weighted by atomic mass is 32.2. The van der Waals surface area contributed by atoms with Gasteiger partial charge < -0.3 is 30.1 Å². The molecule has 1 aliphatic rings. The summed E-state index contributed by atoms with van der Waals surface area (Å²) in [6.45, 7) is 4.52. The number of thioether (sulfide) groups is 1. The third-order valence-corrected chi connectivity index (χ3v) is 5.85. The fourth-order valence-corrected chi connectivity index (χ4v) is 3.69. The van der Waals surface area contributed by atoms with Crippen LogP contribution in [-0.4, -0.2) is 82.9 Å². The normalized spacial score (nSPS) is 14.2. The zero-order chi connectivity index (χ0) is 25.5. The van der Waals surface area contributed by atoms with Crippen LogP contribution >= 0.6 is 11.8 Å². The SMILES string of the molecule is CCOC(=O)c1noc2c1C(=O)C(SCCC(=O)NCCNC(=O)C(O)C(C)(C)CO)=CC2=O. The fraction of sp³-hybridized carbons (Fsp3) is 0.524. The molecule has 0 saturated carbocycles. The number of hydrogen-bond acceptors (Lipinski definition) is 11. The van der Waals surface area contributed by atoms with Crippen molar-refractivity contribution in [1.29, 1.82) is 0 Å². The topological polar surface area (TPSA) is 185 Å². The Balaban J connectivity index is 1.79. The van der Waals surface area contributed by atoms with Gasteiger partial charge in [-0.3, -0.25) is 19.2 Å². The molecule has 0 aliphatic heterocycles. The van der Waals surface area contributed by atoms with Crippen molar-refractivity contribution in [2.24, 2.45) is 5.41 Å². The standard InChI is InChI=1S/C21H27N3O9S/c1-4-32-20(31)15-14-16(28)12(9-11(26)17(14)33-24-15)34-8-5-13(27)22-6-7-23-19(30)18(29)21(2,3)10-25/h9,18,25,29H,4-8,10H2,1-3H3,(H,22,27)(H,23,30). The number of carbonyl (C=O) groups is 5. The third-order valence-electron chi connectivity index (χ3n) is 4.83. The van der Waals surface area contributed by atoms with E-state index in [-0.39, 0.29) is 66.3 Å². The summed E-state index contributed by atoms with van der Waals surface area (Å²) >= 11 is 0.973. The van der Waals surface area contributed by atoms with Gasteiger partial charge in [-0.2, -0.15) is 0 Å². The van der Waals surface area contributed by atoms with Gasteiger partial charge in [0.15, 0.2) is 0 Å². The molecule has 0 spiro atoms. The Bertz CT molecular complexity index is 1000. The number of aromatic nitrogens is 1. The Morgan fingerprint density at radius 2 is 1.91 bits per heavy atom. The van der Waals surface area contributed by atoms with Crippen LogP contribution in [0.25, 0.3) is 0 Å². The molecule has 2 rings (SSSR count). The van der Waals surface area contributed by atoms with Crippen molar-refractivity contribution < 1.29 is 43.4 Å². The molecule has 1 aromatic rings. The number of amides is 2. The predicted octanol–water partition coefficient (Wildman–Crippen LogP) is -0.151. The molecule has 1 heterocycles. The molecule has 34 heavy (non-hydrogen) atoms. The van der Waals surface area contributed by atoms with Crippen LogP contribution in [0.1, 0.15) is 58.6 Å². The van der Waals surface area contributed by atoms with Gasteiger partial charge in [-0.05, 0) is 6.92 Å². The van der Waals surface area contributed by atoms with Gasteiger partial charge in [-0.1, -0.05) is 19.0 Å². The van der Waals surface area contributed by atoms with E-state index >= 15 is 0 Å². The van der Waals surface area contributed by atoms with Crippen LogP contribution < -0.4 is 10.6 Å². The van der Waals surface area contributed by atoms with E-state index in [4.69, 9.17) is 9.26 Å². The molecule has 0 radical (unpaired) electrons. The summed E-state index contributed by atoms with van der Waals surface area (Å²) in [5.74, 6) is -3.29. The zero-order valence-electron chi connectivity index (χ0n) is 19.0. The summed E-state index contributed by atoms with van der Waals surface area (Å²) in [6, 6.07) is 0. The number of ketones is 2. The minimum absolute atomic E-state index is 0.0127. The first-order valence-corrected chi connectivity index (χ1v) is 11.5. The lowest BCUT2D eigenvalue weighted by Crippen LogP contribution is -2.47. The molecule has 0 saturated heterocycles. The molecule has 186 valence electrons. The highest BCUT2D eigenvalue weighted by Crippen LogP contribution is 2.31. The van der Waals surface area contributed by atoms with Crippen LogP contribution in [0.3, 0.4) is 0 Å². The number of nitrogens with zero attached hydrogens (tertiary/aromatic N) is 1. The number of aliphatic hydroxyl groups excluding tert-OH is 2. The second-order valence-electron chi connectivity index (χ2n) is 7.95. The summed E-state index contributed by atoms with van der Waals surface area (Å²) < 4.78 is 9.67. The van der Waals surface area contributed by atoms with Crippen LogP contribution in [0.2, 0.25) is 0 Å². The monoisotopic (exact) mass is 497 g/mol. The van der Waals surface area contributed by atoms with Gasteiger partial charge >= 0.3 is 5.97 Å². The summed E-state index contributed by atoms with van der Waals surface area (Å²) in [7, 11) is 0. The van der Waals surface area contributed by atoms with Gasteiger partial charge in [-0.15, -0.1) is 11.8 Å². The first-order valence-electron chi connectivity index (χ1n) is 10.5. The number of ether oxygens (including phenoxy) is 1. The van der Waals surface area contributed by atoms with Crippen molar-refractivity contribution in [1.82, 2.24) is 15.8 Å². The van der Waals surface area contributed by atoms with E-state index in [2.05, 4.69) is 15.8 Å². The molecule has 1 aromatic heterocycles. The van der Waals surface area contributed by atoms with E-state index in [0.29, 0.717) is 0 Å². The van der Waals surface area contributed by atoms with Gasteiger partial charge in [0.25, 0.3) is 0 Å². The number of aliphatic hydroxyl groups is 2. The number of fused-ring (bicyclic) bond motifs is 1. The van der Waals surface area contributed by atoms with E-state index in [0.717, 1.165) is 17.8 Å². The Kier molecular flexibility index (Phi) is 9.53. The minimum Gasteiger partial charge on any atom is -0.461 e. The number of Topliss-reactive ketones (excluding diaryl/α,β-unsaturated/α-hetero) is 1. The molecule has 13 heteroatoms. The number of rotatable bonds is 12. The van der Waals surface area contributed by atoms with Crippen LogP contribution in [0, 0.1) is 5.41 Å². The van der Waals surface area contributed by atoms with Crippen molar-refractivity contribution in [3.8, 4) is 0 Å². The number of carbonyl (C=O) groups excluding carboxylic acids is 5. The molecule has 1 aliphatic carbocycles. The maximum Gasteiger partial charge on any atom is 0.361 e. The summed E-state index contributed by atoms with van der Waals surface area (Å²) in [5.41, 5.74) is -1.62. The van der Waals surface area contributed by atoms with Gasteiger partial charge in [0.1, 0.15) is 11.7 Å². The molecule has 1 atom stereocenters. The molecule has 4 N–H and O–H groups in total. The molecule has 1 unspecified atom stereocenters. The number of esters is 1. The third kappa shape index (κ3) is 6.52. The Hall–Kier alpha value is -3.03. The van der Waals surface area contributed by atoms with Gasteiger partial charge in [0.05, 0.1) is 18.1 Å². The average Bonchev–Trinajstić information content (AvgIpc) is 3.25. The quantitative estimate of drug-likeness (QED) is 0.222. The van der Waals surface area contributed by atoms with Crippen molar-refractivity contribution >= 4 is 41.1 Å².